The van der Waals surface area contributed by atoms with Crippen LogP contribution in [-0.4, -0.2) is 55.7 Å². The molecule has 32 heavy (non-hydrogen) atoms. The fourth-order valence-corrected chi connectivity index (χ4v) is 3.09. The number of alkyl halides is 3. The molecule has 0 radical (unpaired) electrons. The summed E-state index contributed by atoms with van der Waals surface area (Å²) in [5.41, 5.74) is 1.80. The van der Waals surface area contributed by atoms with E-state index in [1.165, 1.54) is 12.1 Å². The van der Waals surface area contributed by atoms with Crippen molar-refractivity contribution in [1.29, 1.82) is 0 Å². The molecule has 0 aliphatic heterocycles. The number of halogens is 3. The monoisotopic (exact) mass is 454 g/mol. The van der Waals surface area contributed by atoms with E-state index >= 15 is 0 Å². The standard InChI is InChI=1S/C22H15F3N2O3.Na.H2O.H/c23-22(24,25)17-7-1-4-14(10-17)13-30-20-12-18-8-3-9-19(27(18)26-20)15-5-2-6-16(11-15)21(28)29;;;/h1-12H,13H2,(H,28,29);;1H2;. The number of rotatable bonds is 5. The van der Waals surface area contributed by atoms with E-state index in [-0.39, 0.29) is 53.1 Å². The topological polar surface area (TPSA) is 95.3 Å². The number of pyridine rings is 1. The zero-order valence-corrected chi connectivity index (χ0v) is 15.9. The van der Waals surface area contributed by atoms with Gasteiger partial charge in [0.15, 0.2) is 0 Å². The molecule has 2 aromatic heterocycles. The van der Waals surface area contributed by atoms with E-state index in [0.717, 1.165) is 12.1 Å². The summed E-state index contributed by atoms with van der Waals surface area (Å²) < 4.78 is 45.8. The third-order valence-corrected chi connectivity index (χ3v) is 4.51. The molecule has 0 aliphatic rings. The minimum absolute atomic E-state index is 0. The Labute approximate surface area is 202 Å². The Morgan fingerprint density at radius 3 is 2.44 bits per heavy atom. The molecule has 0 atom stereocenters. The Morgan fingerprint density at radius 1 is 1.00 bits per heavy atom. The number of aromatic carboxylic acids is 1. The zero-order chi connectivity index (χ0) is 21.3. The van der Waals surface area contributed by atoms with E-state index < -0.39 is 17.7 Å². The Kier molecular flexibility index (Phi) is 8.08. The number of carboxylic acids is 1. The van der Waals surface area contributed by atoms with Gasteiger partial charge in [0.05, 0.1) is 22.3 Å². The third kappa shape index (κ3) is 5.49. The van der Waals surface area contributed by atoms with E-state index in [1.54, 1.807) is 53.0 Å². The van der Waals surface area contributed by atoms with Crippen LogP contribution in [0.5, 0.6) is 5.88 Å². The molecule has 0 amide bonds. The summed E-state index contributed by atoms with van der Waals surface area (Å²) in [4.78, 5) is 11.2. The first-order chi connectivity index (χ1) is 14.3. The summed E-state index contributed by atoms with van der Waals surface area (Å²) in [6.07, 6.45) is -4.42. The molecule has 162 valence electrons. The first-order valence-electron chi connectivity index (χ1n) is 8.93. The minimum atomic E-state index is -4.42. The molecule has 4 aromatic rings. The van der Waals surface area contributed by atoms with Gasteiger partial charge in [0.2, 0.25) is 5.88 Å². The summed E-state index contributed by atoms with van der Waals surface area (Å²) in [5, 5.41) is 13.6. The molecular weight excluding hydrogens is 436 g/mol. The number of carbonyl (C=O) groups is 1. The van der Waals surface area contributed by atoms with Crippen molar-refractivity contribution in [2.45, 2.75) is 12.8 Å². The molecule has 4 rings (SSSR count). The Balaban J connectivity index is 0.00000181. The average molecular weight is 454 g/mol. The van der Waals surface area contributed by atoms with Gasteiger partial charge in [0, 0.05) is 11.6 Å². The second-order valence-electron chi connectivity index (χ2n) is 6.60. The van der Waals surface area contributed by atoms with E-state index in [2.05, 4.69) is 5.10 Å². The first kappa shape index (κ1) is 25.4. The van der Waals surface area contributed by atoms with Crippen LogP contribution in [0.3, 0.4) is 0 Å². The molecule has 3 N–H and O–H groups in total. The van der Waals surface area contributed by atoms with Crippen LogP contribution in [0.15, 0.2) is 72.8 Å². The van der Waals surface area contributed by atoms with Crippen LogP contribution >= 0.6 is 0 Å². The Morgan fingerprint density at radius 2 is 1.72 bits per heavy atom. The second kappa shape index (κ2) is 10.2. The molecule has 0 aliphatic carbocycles. The number of carboxylic acid groups (broad SMARTS) is 1. The number of hydrogen-bond donors (Lipinski definition) is 1. The average Bonchev–Trinajstić information content (AvgIpc) is 3.15. The summed E-state index contributed by atoms with van der Waals surface area (Å²) in [7, 11) is 0. The van der Waals surface area contributed by atoms with Gasteiger partial charge in [-0.15, -0.1) is 5.10 Å². The fourth-order valence-electron chi connectivity index (χ4n) is 3.09. The van der Waals surface area contributed by atoms with Crippen LogP contribution in [0, 0.1) is 0 Å². The van der Waals surface area contributed by atoms with Crippen LogP contribution in [0.1, 0.15) is 21.5 Å². The van der Waals surface area contributed by atoms with Crippen molar-refractivity contribution in [3.63, 3.8) is 0 Å². The number of nitrogens with zero attached hydrogens (tertiary/aromatic N) is 2. The van der Waals surface area contributed by atoms with Crippen molar-refractivity contribution in [2.24, 2.45) is 0 Å². The van der Waals surface area contributed by atoms with Crippen molar-refractivity contribution >= 4 is 41.0 Å². The predicted molar refractivity (Wildman–Crippen MR) is 114 cm³/mol. The summed E-state index contributed by atoms with van der Waals surface area (Å²) in [5.74, 6) is -0.788. The van der Waals surface area contributed by atoms with Gasteiger partial charge in [0.25, 0.3) is 0 Å². The molecule has 6 nitrogen and oxygen atoms in total. The molecule has 2 aromatic carbocycles. The van der Waals surface area contributed by atoms with E-state index in [1.807, 2.05) is 0 Å². The van der Waals surface area contributed by atoms with Crippen molar-refractivity contribution in [2.75, 3.05) is 0 Å². The molecule has 0 saturated carbocycles. The summed E-state index contributed by atoms with van der Waals surface area (Å²) in [6.45, 7) is -0.0718. The van der Waals surface area contributed by atoms with Gasteiger partial charge in [-0.25, -0.2) is 9.31 Å². The third-order valence-electron chi connectivity index (χ3n) is 4.51. The maximum absolute atomic E-state index is 12.9. The Bertz CT molecular complexity index is 1240. The van der Waals surface area contributed by atoms with Gasteiger partial charge >= 0.3 is 41.7 Å². The number of hydrogen-bond acceptors (Lipinski definition) is 3. The van der Waals surface area contributed by atoms with Crippen molar-refractivity contribution < 1.29 is 33.3 Å². The van der Waals surface area contributed by atoms with Gasteiger partial charge in [-0.05, 0) is 42.0 Å². The van der Waals surface area contributed by atoms with Crippen LogP contribution in [-0.2, 0) is 12.8 Å². The molecule has 0 spiro atoms. The van der Waals surface area contributed by atoms with Gasteiger partial charge in [-0.3, -0.25) is 0 Å². The molecule has 0 fully saturated rings. The van der Waals surface area contributed by atoms with Crippen molar-refractivity contribution in [3.8, 4) is 17.1 Å². The molecule has 0 bridgehead atoms. The second-order valence-corrected chi connectivity index (χ2v) is 6.60. The van der Waals surface area contributed by atoms with Crippen molar-refractivity contribution in [1.82, 2.24) is 9.61 Å². The molecule has 0 unspecified atom stereocenters. The zero-order valence-electron chi connectivity index (χ0n) is 15.9. The van der Waals surface area contributed by atoms with E-state index in [9.17, 15) is 23.1 Å². The number of ether oxygens (including phenoxy) is 1. The van der Waals surface area contributed by atoms with E-state index in [4.69, 9.17) is 4.74 Å². The Hall–Kier alpha value is -2.85. The van der Waals surface area contributed by atoms with Crippen molar-refractivity contribution in [3.05, 3.63) is 89.5 Å². The first-order valence-corrected chi connectivity index (χ1v) is 8.93. The molecule has 2 heterocycles. The van der Waals surface area contributed by atoms with E-state index in [0.29, 0.717) is 22.3 Å². The summed E-state index contributed by atoms with van der Waals surface area (Å²) in [6, 6.07) is 18.4. The summed E-state index contributed by atoms with van der Waals surface area (Å²) >= 11 is 0. The molecule has 0 saturated heterocycles. The van der Waals surface area contributed by atoms with Gasteiger partial charge in [0.1, 0.15) is 6.61 Å². The fraction of sp³-hybridized carbons (Fsp3) is 0.0909. The van der Waals surface area contributed by atoms with Crippen LogP contribution in [0.2, 0.25) is 0 Å². The van der Waals surface area contributed by atoms with Gasteiger partial charge in [-0.1, -0.05) is 30.3 Å². The predicted octanol–water partition coefficient (Wildman–Crippen LogP) is 3.82. The van der Waals surface area contributed by atoms with Crippen LogP contribution < -0.4 is 4.74 Å². The SMILES string of the molecule is O.O=C(O)c1cccc(-c2cccc3cc(OCc4cccc(C(F)(F)F)c4)nn23)c1.[NaH]. The maximum atomic E-state index is 12.9. The van der Waals surface area contributed by atoms with Gasteiger partial charge < -0.3 is 15.3 Å². The number of benzene rings is 2. The van der Waals surface area contributed by atoms with Gasteiger partial charge in [-0.2, -0.15) is 13.2 Å². The normalized spacial score (nSPS) is 10.8. The van der Waals surface area contributed by atoms with Crippen LogP contribution in [0.4, 0.5) is 13.2 Å². The number of fused-ring (bicyclic) bond motifs is 1. The quantitative estimate of drug-likeness (QED) is 0.464. The molecular formula is C22H18F3N2NaO4. The molecule has 10 heteroatoms. The van der Waals surface area contributed by atoms with Crippen LogP contribution in [0.25, 0.3) is 16.8 Å². The number of aromatic nitrogens is 2.